The van der Waals surface area contributed by atoms with E-state index in [1.54, 1.807) is 0 Å². The van der Waals surface area contributed by atoms with Gasteiger partial charge in [0.1, 0.15) is 0 Å². The minimum Gasteiger partial charge on any atom is -0.545 e. The molecular weight excluding hydrogens is 1100 g/mol. The van der Waals surface area contributed by atoms with Crippen molar-refractivity contribution in [3.8, 4) is 0 Å². The van der Waals surface area contributed by atoms with Crippen molar-refractivity contribution in [2.45, 2.75) is 0 Å². The minimum absolute atomic E-state index is 0. The van der Waals surface area contributed by atoms with Gasteiger partial charge in [0, 0.05) is 80.4 Å². The van der Waals surface area contributed by atoms with E-state index in [-0.39, 0.29) is 80.4 Å². The third kappa shape index (κ3) is 7410. The topological polar surface area (TPSA) is 205 Å². The summed E-state index contributed by atoms with van der Waals surface area (Å²) >= 11 is 0. The van der Waals surface area contributed by atoms with Crippen molar-refractivity contribution in [3.63, 3.8) is 0 Å². The first kappa shape index (κ1) is 155. The van der Waals surface area contributed by atoms with Crippen LogP contribution in [0, 0.1) is 0 Å². The Morgan fingerprint density at radius 2 is 0.143 bits per heavy atom. The van der Waals surface area contributed by atoms with Gasteiger partial charge in [0.2, 0.25) is 0 Å². The second kappa shape index (κ2) is 8380. The van der Waals surface area contributed by atoms with E-state index in [0.717, 1.165) is 0 Å². The first-order chi connectivity index (χ1) is 12.0. The number of rotatable bonds is 0. The molecule has 4 radical (unpaired) electrons. The fourth-order valence-corrected chi connectivity index (χ4v) is 0. The van der Waals surface area contributed by atoms with Crippen LogP contribution in [0.5, 0.6) is 0 Å². The molecule has 0 aromatic carbocycles. The van der Waals surface area contributed by atoms with Gasteiger partial charge in [-0.1, -0.05) is 0 Å². The first-order valence-corrected chi connectivity index (χ1v) is 2.83. The second-order valence-corrected chi connectivity index (χ2v) is 0. The predicted octanol–water partition coefficient (Wildman–Crippen LogP) is -3.30. The standard InChI is InChI=1S/12CHO.4Ir/c12*1-2;;;;/h12*1H;;;;/q12*-1;;;;. The summed E-state index contributed by atoms with van der Waals surface area (Å²) < 4.78 is 0. The Balaban J connectivity index is -0.00000000396. The van der Waals surface area contributed by atoms with Crippen LogP contribution in [0.3, 0.4) is 0 Å². The summed E-state index contributed by atoms with van der Waals surface area (Å²) in [5.74, 6) is 0. The molecule has 0 saturated carbocycles. The van der Waals surface area contributed by atoms with Crippen LogP contribution in [-0.4, -0.2) is 81.5 Å². The molecule has 0 heterocycles. The van der Waals surface area contributed by atoms with E-state index in [9.17, 15) is 0 Å². The van der Waals surface area contributed by atoms with E-state index in [4.69, 9.17) is 57.5 Å². The smallest absolute Gasteiger partial charge is 0 e. The molecule has 12 nitrogen and oxygen atoms in total. The number of hydrogen-bond donors (Lipinski definition) is 0. The molecule has 0 saturated heterocycles. The third-order valence-corrected chi connectivity index (χ3v) is 0. The van der Waals surface area contributed by atoms with Crippen LogP contribution in [0.25, 0.3) is 0 Å². The molecule has 0 aliphatic carbocycles. The van der Waals surface area contributed by atoms with Crippen LogP contribution in [0.1, 0.15) is 0 Å². The van der Waals surface area contributed by atoms with Crippen molar-refractivity contribution >= 4 is 81.5 Å². The van der Waals surface area contributed by atoms with Crippen LogP contribution in [-0.2, 0) is 138 Å². The Morgan fingerprint density at radius 3 is 0.143 bits per heavy atom. The van der Waals surface area contributed by atoms with E-state index in [1.807, 2.05) is 0 Å². The fourth-order valence-electron chi connectivity index (χ4n) is 0. The fraction of sp³-hybridized carbons (Fsp3) is 0. The SMILES string of the molecule is [CH-]=O.[CH-]=O.[CH-]=O.[CH-]=O.[CH-]=O.[CH-]=O.[CH-]=O.[CH-]=O.[CH-]=O.[CH-]=O.[CH-]=O.[CH-]=O.[Ir].[Ir].[Ir].[Ir]. The molecule has 0 bridgehead atoms. The van der Waals surface area contributed by atoms with Gasteiger partial charge in [-0.25, -0.2) is 0 Å². The Morgan fingerprint density at radius 1 is 0.143 bits per heavy atom. The molecule has 0 aliphatic rings. The number of carbonyl (C=O) groups excluding carboxylic acids is 12. The van der Waals surface area contributed by atoms with Gasteiger partial charge >= 0.3 is 0 Å². The van der Waals surface area contributed by atoms with E-state index >= 15 is 0 Å². The molecule has 0 aromatic rings. The summed E-state index contributed by atoms with van der Waals surface area (Å²) in [5, 5.41) is 0. The average Bonchev–Trinajstić information content (AvgIpc) is 2.84. The Kier molecular flexibility index (Phi) is 46300. The van der Waals surface area contributed by atoms with Crippen LogP contribution in [0.2, 0.25) is 0 Å². The van der Waals surface area contributed by atoms with E-state index in [2.05, 4.69) is 81.5 Å². The largest absolute Gasteiger partial charge is 0.545 e. The molecule has 0 unspecified atom stereocenters. The van der Waals surface area contributed by atoms with E-state index in [0.29, 0.717) is 0 Å². The molecule has 0 N–H and O–H groups in total. The zero-order chi connectivity index (χ0) is 24.0. The van der Waals surface area contributed by atoms with Crippen LogP contribution < -0.4 is 0 Å². The third-order valence-electron chi connectivity index (χ3n) is 0. The maximum Gasteiger partial charge on any atom is 0 e. The normalized spacial score (nSPS) is 1.71. The van der Waals surface area contributed by atoms with E-state index in [1.165, 1.54) is 0 Å². The molecule has 180 valence electrons. The first-order valence-electron chi connectivity index (χ1n) is 2.83. The molecule has 0 aromatic heterocycles. The summed E-state index contributed by atoms with van der Waals surface area (Å²) in [4.78, 5) is 93.0. The number of hydrogen-bond acceptors (Lipinski definition) is 12. The summed E-state index contributed by atoms with van der Waals surface area (Å²) in [7, 11) is 0. The predicted molar refractivity (Wildman–Crippen MR) is 81.0 cm³/mol. The summed E-state index contributed by atoms with van der Waals surface area (Å²) in [6.07, 6.45) is 0. The van der Waals surface area contributed by atoms with Gasteiger partial charge in [-0.2, -0.15) is 0 Å². The Labute approximate surface area is 218 Å². The van der Waals surface area contributed by atoms with Gasteiger partial charge in [-0.3, -0.25) is 81.5 Å². The summed E-state index contributed by atoms with van der Waals surface area (Å²) in [5.41, 5.74) is 0. The molecular formula is C12H12Ir4O12-12. The zero-order valence-corrected chi connectivity index (χ0v) is 22.7. The van der Waals surface area contributed by atoms with Crippen molar-refractivity contribution in [3.05, 3.63) is 0 Å². The van der Waals surface area contributed by atoms with Crippen molar-refractivity contribution < 1.29 is 138 Å². The van der Waals surface area contributed by atoms with E-state index < -0.39 is 0 Å². The monoisotopic (exact) mass is 1120 g/mol. The summed E-state index contributed by atoms with van der Waals surface area (Å²) in [6, 6.07) is 0. The second-order valence-electron chi connectivity index (χ2n) is 0. The van der Waals surface area contributed by atoms with Crippen LogP contribution in [0.15, 0.2) is 0 Å². The molecule has 0 aliphatic heterocycles. The quantitative estimate of drug-likeness (QED) is 0.173. The Bertz CT molecular complexity index is 83.6. The zero-order valence-electron chi connectivity index (χ0n) is 13.2. The summed E-state index contributed by atoms with van der Waals surface area (Å²) in [6.45, 7) is 39.0. The van der Waals surface area contributed by atoms with Crippen molar-refractivity contribution in [2.75, 3.05) is 0 Å². The molecule has 0 amide bonds. The molecule has 28 heavy (non-hydrogen) atoms. The van der Waals surface area contributed by atoms with Gasteiger partial charge in [0.25, 0.3) is 0 Å². The molecule has 0 atom stereocenters. The van der Waals surface area contributed by atoms with Crippen molar-refractivity contribution in [2.24, 2.45) is 0 Å². The van der Waals surface area contributed by atoms with Gasteiger partial charge in [0.05, 0.1) is 0 Å². The van der Waals surface area contributed by atoms with Crippen LogP contribution >= 0.6 is 0 Å². The average molecular weight is 1120 g/mol. The maximum absolute atomic E-state index is 7.75. The van der Waals surface area contributed by atoms with Gasteiger partial charge in [-0.15, -0.1) is 0 Å². The minimum atomic E-state index is 0. The molecule has 0 fully saturated rings. The van der Waals surface area contributed by atoms with Crippen molar-refractivity contribution in [1.29, 1.82) is 0 Å². The van der Waals surface area contributed by atoms with Gasteiger partial charge in [0.15, 0.2) is 0 Å². The molecule has 0 rings (SSSR count). The Hall–Kier alpha value is -1.36. The van der Waals surface area contributed by atoms with Gasteiger partial charge in [-0.05, 0) is 0 Å². The molecule has 16 heteroatoms. The maximum atomic E-state index is 7.75. The van der Waals surface area contributed by atoms with Crippen molar-refractivity contribution in [1.82, 2.24) is 0 Å². The molecule has 0 spiro atoms. The van der Waals surface area contributed by atoms with Crippen LogP contribution in [0.4, 0.5) is 0 Å². The van der Waals surface area contributed by atoms with Gasteiger partial charge < -0.3 is 57.5 Å².